The molecule has 9 nitrogen and oxygen atoms in total. The monoisotopic (exact) mass is 582 g/mol. The van der Waals surface area contributed by atoms with Crippen LogP contribution in [0.1, 0.15) is 78.6 Å². The summed E-state index contributed by atoms with van der Waals surface area (Å²) in [6.07, 6.45) is 2.67. The molecule has 1 fully saturated rings. The summed E-state index contributed by atoms with van der Waals surface area (Å²) >= 11 is 0. The van der Waals surface area contributed by atoms with Crippen LogP contribution < -0.4 is 0 Å². The Morgan fingerprint density at radius 3 is 2.07 bits per heavy atom. The molecule has 0 aromatic heterocycles. The van der Waals surface area contributed by atoms with Gasteiger partial charge in [0.05, 0.1) is 11.5 Å². The zero-order valence-electron chi connectivity index (χ0n) is 25.7. The van der Waals surface area contributed by atoms with E-state index in [1.165, 1.54) is 20.8 Å². The van der Waals surface area contributed by atoms with Gasteiger partial charge in [-0.1, -0.05) is 50.3 Å². The van der Waals surface area contributed by atoms with E-state index in [-0.39, 0.29) is 24.5 Å². The van der Waals surface area contributed by atoms with Crippen molar-refractivity contribution >= 4 is 29.7 Å². The lowest BCUT2D eigenvalue weighted by molar-refractivity contribution is -0.195. The van der Waals surface area contributed by atoms with Crippen LogP contribution in [-0.4, -0.2) is 53.6 Å². The van der Waals surface area contributed by atoms with Crippen LogP contribution in [0.2, 0.25) is 0 Å². The summed E-state index contributed by atoms with van der Waals surface area (Å²) in [5.41, 5.74) is -1.51. The first-order chi connectivity index (χ1) is 19.6. The minimum atomic E-state index is -1.45. The van der Waals surface area contributed by atoms with Crippen LogP contribution in [0.5, 0.6) is 0 Å². The lowest BCUT2D eigenvalue weighted by Crippen LogP contribution is -2.55. The van der Waals surface area contributed by atoms with Gasteiger partial charge in [0, 0.05) is 38.5 Å². The molecule has 2 aliphatic rings. The van der Waals surface area contributed by atoms with Crippen LogP contribution >= 0.6 is 0 Å². The molecule has 1 saturated carbocycles. The molecule has 0 heterocycles. The summed E-state index contributed by atoms with van der Waals surface area (Å²) in [4.78, 5) is 64.0. The molecule has 0 bridgehead atoms. The summed E-state index contributed by atoms with van der Waals surface area (Å²) < 4.78 is 23.8. The van der Waals surface area contributed by atoms with Crippen LogP contribution in [0.25, 0.3) is 0 Å². The fraction of sp³-hybridized carbons (Fsp3) is 0.545. The second-order valence-electron chi connectivity index (χ2n) is 12.1. The third-order valence-corrected chi connectivity index (χ3v) is 8.12. The number of carbonyl (C=O) groups is 5. The normalized spacial score (nSPS) is 31.7. The molecule has 42 heavy (non-hydrogen) atoms. The number of hydrogen-bond donors (Lipinski definition) is 0. The van der Waals surface area contributed by atoms with Gasteiger partial charge >= 0.3 is 23.9 Å². The zero-order chi connectivity index (χ0) is 31.4. The molecule has 1 aromatic carbocycles. The number of carbonyl (C=O) groups excluding carboxylic acids is 5. The maximum absolute atomic E-state index is 13.4. The Balaban J connectivity index is 2.29. The van der Waals surface area contributed by atoms with Crippen molar-refractivity contribution in [2.75, 3.05) is 0 Å². The van der Waals surface area contributed by atoms with Crippen molar-refractivity contribution in [3.05, 3.63) is 59.7 Å². The largest absolute Gasteiger partial charge is 0.458 e. The van der Waals surface area contributed by atoms with Gasteiger partial charge in [-0.15, -0.1) is 0 Å². The quantitative estimate of drug-likeness (QED) is 0.263. The predicted molar refractivity (Wildman–Crippen MR) is 154 cm³/mol. The fourth-order valence-corrected chi connectivity index (χ4v) is 6.05. The van der Waals surface area contributed by atoms with Gasteiger partial charge < -0.3 is 18.9 Å². The lowest BCUT2D eigenvalue weighted by atomic mass is 9.75. The van der Waals surface area contributed by atoms with E-state index in [0.29, 0.717) is 11.1 Å². The van der Waals surface area contributed by atoms with E-state index < -0.39 is 65.0 Å². The minimum Gasteiger partial charge on any atom is -0.458 e. The highest BCUT2D eigenvalue weighted by Crippen LogP contribution is 2.51. The molecule has 0 N–H and O–H groups in total. The summed E-state index contributed by atoms with van der Waals surface area (Å²) in [7, 11) is 0. The number of esters is 4. The summed E-state index contributed by atoms with van der Waals surface area (Å²) in [5, 5.41) is 0. The molecule has 1 aromatic rings. The molecule has 3 rings (SSSR count). The number of ether oxygens (including phenoxy) is 4. The van der Waals surface area contributed by atoms with Gasteiger partial charge in [-0.05, 0) is 50.8 Å². The van der Waals surface area contributed by atoms with E-state index in [1.54, 1.807) is 69.3 Å². The molecule has 0 amide bonds. The van der Waals surface area contributed by atoms with E-state index >= 15 is 0 Å². The van der Waals surface area contributed by atoms with Crippen molar-refractivity contribution in [3.63, 3.8) is 0 Å². The molecule has 0 radical (unpaired) electrons. The van der Waals surface area contributed by atoms with Gasteiger partial charge in [0.25, 0.3) is 0 Å². The molecule has 7 atom stereocenters. The Hall–Kier alpha value is -3.75. The molecule has 9 heteroatoms. The first kappa shape index (κ1) is 32.8. The van der Waals surface area contributed by atoms with Gasteiger partial charge in [-0.25, -0.2) is 4.79 Å². The minimum absolute atomic E-state index is 0.0850. The summed E-state index contributed by atoms with van der Waals surface area (Å²) in [6.45, 7) is 12.8. The first-order valence-corrected chi connectivity index (χ1v) is 14.3. The van der Waals surface area contributed by atoms with E-state index in [1.807, 2.05) is 13.8 Å². The van der Waals surface area contributed by atoms with Gasteiger partial charge in [0.1, 0.15) is 24.1 Å². The molecule has 0 spiro atoms. The topological polar surface area (TPSA) is 122 Å². The summed E-state index contributed by atoms with van der Waals surface area (Å²) in [5.74, 6) is -4.12. The number of hydrogen-bond acceptors (Lipinski definition) is 9. The lowest BCUT2D eigenvalue weighted by Gasteiger charge is -2.43. The third kappa shape index (κ3) is 7.36. The van der Waals surface area contributed by atoms with Crippen LogP contribution in [0.15, 0.2) is 54.1 Å². The molecular formula is C33H42O9. The number of ketones is 1. The molecule has 0 saturated heterocycles. The van der Waals surface area contributed by atoms with Gasteiger partial charge in [0.2, 0.25) is 0 Å². The van der Waals surface area contributed by atoms with E-state index in [4.69, 9.17) is 18.9 Å². The smallest absolute Gasteiger partial charge is 0.338 e. The van der Waals surface area contributed by atoms with Crippen LogP contribution in [0, 0.1) is 23.2 Å². The number of fused-ring (bicyclic) bond motifs is 1. The van der Waals surface area contributed by atoms with Crippen molar-refractivity contribution < 1.29 is 42.9 Å². The fourth-order valence-electron chi connectivity index (χ4n) is 6.05. The van der Waals surface area contributed by atoms with Crippen molar-refractivity contribution in [2.24, 2.45) is 23.2 Å². The van der Waals surface area contributed by atoms with Crippen molar-refractivity contribution in [3.8, 4) is 0 Å². The Labute approximate surface area is 247 Å². The van der Waals surface area contributed by atoms with Gasteiger partial charge in [0.15, 0.2) is 5.60 Å². The molecular weight excluding hydrogens is 540 g/mol. The summed E-state index contributed by atoms with van der Waals surface area (Å²) in [6, 6.07) is 8.52. The van der Waals surface area contributed by atoms with E-state index in [0.717, 1.165) is 0 Å². The van der Waals surface area contributed by atoms with E-state index in [9.17, 15) is 24.0 Å². The highest BCUT2D eigenvalue weighted by atomic mass is 16.6. The van der Waals surface area contributed by atoms with Gasteiger partial charge in [-0.2, -0.15) is 0 Å². The van der Waals surface area contributed by atoms with Crippen LogP contribution in [0.3, 0.4) is 0 Å². The molecule has 228 valence electrons. The zero-order valence-corrected chi connectivity index (χ0v) is 25.7. The SMILES string of the molecule is CC(=O)O[C@@H]1[C@@H](C)/C=C/C(C)(C)C(=O)C[C@@H](OC(C)=O)C(C)=C[C@H]2[C@@H](OC(=O)c3ccccc3)[C@H](C)C[C@]12OC(C)=O. The maximum Gasteiger partial charge on any atom is 0.338 e. The Kier molecular flexibility index (Phi) is 10.2. The average molecular weight is 583 g/mol. The second kappa shape index (κ2) is 13.0. The molecule has 2 aliphatic carbocycles. The number of Topliss-reactive ketones (excluding diaryl/α,β-unsaturated/α-hetero) is 1. The maximum atomic E-state index is 13.4. The van der Waals surface area contributed by atoms with Crippen molar-refractivity contribution in [2.45, 2.75) is 92.1 Å². The predicted octanol–water partition coefficient (Wildman–Crippen LogP) is 5.17. The second-order valence-corrected chi connectivity index (χ2v) is 12.1. The Bertz CT molecular complexity index is 1260. The Morgan fingerprint density at radius 1 is 0.881 bits per heavy atom. The highest BCUT2D eigenvalue weighted by Gasteiger charge is 2.62. The first-order valence-electron chi connectivity index (χ1n) is 14.3. The third-order valence-electron chi connectivity index (χ3n) is 8.12. The van der Waals surface area contributed by atoms with Gasteiger partial charge in [-0.3, -0.25) is 19.2 Å². The van der Waals surface area contributed by atoms with Crippen molar-refractivity contribution in [1.82, 2.24) is 0 Å². The van der Waals surface area contributed by atoms with Crippen LogP contribution in [0.4, 0.5) is 0 Å². The van der Waals surface area contributed by atoms with E-state index in [2.05, 4.69) is 0 Å². The number of rotatable bonds is 5. The number of benzene rings is 1. The van der Waals surface area contributed by atoms with Crippen molar-refractivity contribution in [1.29, 1.82) is 0 Å². The highest BCUT2D eigenvalue weighted by molar-refractivity contribution is 5.89. The average Bonchev–Trinajstić information content (AvgIpc) is 3.14. The number of allylic oxidation sites excluding steroid dienone is 1. The molecule has 0 unspecified atom stereocenters. The van der Waals surface area contributed by atoms with Crippen LogP contribution in [-0.2, 0) is 38.1 Å². The standard InChI is InChI=1S/C33H42O9/c1-19-14-15-32(7,8)28(37)17-27(39-22(4)34)20(2)16-26-29(41-31(38)25-12-10-9-11-13-25)21(3)18-33(26,42-24(6)36)30(19)40-23(5)35/h9-16,19,21,26-27,29-30H,17-18H2,1-8H3/b15-14+,20-16?/t19-,21+,26-,27+,29-,30+,33+/m0/s1. The molecule has 0 aliphatic heterocycles. The Morgan fingerprint density at radius 2 is 1.50 bits per heavy atom.